The van der Waals surface area contributed by atoms with Gasteiger partial charge in [-0.3, -0.25) is 13.9 Å². The van der Waals surface area contributed by atoms with Crippen molar-refractivity contribution in [2.75, 3.05) is 14.2 Å². The van der Waals surface area contributed by atoms with Crippen LogP contribution in [0.15, 0.2) is 47.3 Å². The van der Waals surface area contributed by atoms with Crippen molar-refractivity contribution in [2.24, 2.45) is 7.05 Å². The van der Waals surface area contributed by atoms with E-state index in [9.17, 15) is 9.59 Å². The molecule has 0 spiro atoms. The van der Waals surface area contributed by atoms with Gasteiger partial charge in [-0.05, 0) is 25.1 Å². The van der Waals surface area contributed by atoms with E-state index in [-0.39, 0.29) is 18.1 Å². The summed E-state index contributed by atoms with van der Waals surface area (Å²) in [4.78, 5) is 26.8. The normalized spacial score (nSPS) is 10.9. The monoisotopic (exact) mass is 353 g/mol. The molecule has 0 aliphatic heterocycles. The van der Waals surface area contributed by atoms with Gasteiger partial charge in [0.2, 0.25) is 5.91 Å². The van der Waals surface area contributed by atoms with Gasteiger partial charge in [0, 0.05) is 26.2 Å². The molecule has 1 heterocycles. The number of methoxy groups -OCH3 is 1. The van der Waals surface area contributed by atoms with Crippen LogP contribution in [-0.4, -0.2) is 34.1 Å². The predicted molar refractivity (Wildman–Crippen MR) is 101 cm³/mol. The van der Waals surface area contributed by atoms with Crippen LogP contribution < -0.4 is 10.4 Å². The lowest BCUT2D eigenvalue weighted by Gasteiger charge is -2.19. The first-order chi connectivity index (χ1) is 12.4. The van der Waals surface area contributed by atoms with E-state index in [1.165, 1.54) is 4.57 Å². The van der Waals surface area contributed by atoms with E-state index in [1.807, 2.05) is 49.4 Å². The molecule has 0 atom stereocenters. The standard InChI is InChI=1S/C20H23N3O3/c1-14-9-10-18(26-4)15(11-14)12-21(2)19(24)13-23-17-8-6-5-7-16(17)22(3)20(23)25/h5-11H,12-13H2,1-4H3. The van der Waals surface area contributed by atoms with Gasteiger partial charge in [-0.2, -0.15) is 0 Å². The number of aromatic nitrogens is 2. The van der Waals surface area contributed by atoms with Crippen LogP contribution in [0.3, 0.4) is 0 Å². The van der Waals surface area contributed by atoms with Crippen molar-refractivity contribution >= 4 is 16.9 Å². The highest BCUT2D eigenvalue weighted by molar-refractivity contribution is 5.80. The van der Waals surface area contributed by atoms with Crippen LogP contribution in [0.25, 0.3) is 11.0 Å². The molecule has 0 saturated carbocycles. The highest BCUT2D eigenvalue weighted by Gasteiger charge is 2.17. The maximum atomic E-state index is 12.7. The predicted octanol–water partition coefficient (Wildman–Crippen LogP) is 2.32. The molecule has 1 aromatic heterocycles. The van der Waals surface area contributed by atoms with E-state index in [2.05, 4.69) is 0 Å². The highest BCUT2D eigenvalue weighted by atomic mass is 16.5. The largest absolute Gasteiger partial charge is 0.496 e. The van der Waals surface area contributed by atoms with Gasteiger partial charge in [0.05, 0.1) is 18.1 Å². The zero-order valence-electron chi connectivity index (χ0n) is 15.5. The van der Waals surface area contributed by atoms with Gasteiger partial charge in [0.1, 0.15) is 12.3 Å². The number of amides is 1. The number of benzene rings is 2. The average molecular weight is 353 g/mol. The minimum absolute atomic E-state index is 0.00478. The summed E-state index contributed by atoms with van der Waals surface area (Å²) in [6, 6.07) is 13.4. The Bertz CT molecular complexity index is 1020. The quantitative estimate of drug-likeness (QED) is 0.707. The molecule has 0 aliphatic rings. The van der Waals surface area contributed by atoms with Crippen LogP contribution in [0.2, 0.25) is 0 Å². The van der Waals surface area contributed by atoms with E-state index in [0.717, 1.165) is 27.9 Å². The van der Waals surface area contributed by atoms with Crippen LogP contribution in [0.4, 0.5) is 0 Å². The maximum absolute atomic E-state index is 12.7. The van der Waals surface area contributed by atoms with E-state index in [4.69, 9.17) is 4.74 Å². The zero-order chi connectivity index (χ0) is 18.8. The summed E-state index contributed by atoms with van der Waals surface area (Å²) in [5, 5.41) is 0. The van der Waals surface area contributed by atoms with Crippen molar-refractivity contribution in [3.05, 3.63) is 64.1 Å². The van der Waals surface area contributed by atoms with Crippen molar-refractivity contribution in [1.82, 2.24) is 14.0 Å². The number of likely N-dealkylation sites (N-methyl/N-ethyl adjacent to an activating group) is 1. The molecule has 0 N–H and O–H groups in total. The minimum Gasteiger partial charge on any atom is -0.496 e. The fourth-order valence-electron chi connectivity index (χ4n) is 3.15. The number of carbonyl (C=O) groups is 1. The van der Waals surface area contributed by atoms with E-state index >= 15 is 0 Å². The molecular formula is C20H23N3O3. The van der Waals surface area contributed by atoms with Crippen molar-refractivity contribution in [2.45, 2.75) is 20.0 Å². The first-order valence-corrected chi connectivity index (χ1v) is 8.44. The van der Waals surface area contributed by atoms with Gasteiger partial charge < -0.3 is 9.64 Å². The summed E-state index contributed by atoms with van der Waals surface area (Å²) in [5.41, 5.74) is 3.42. The number of fused-ring (bicyclic) bond motifs is 1. The van der Waals surface area contributed by atoms with Gasteiger partial charge in [-0.15, -0.1) is 0 Å². The third-order valence-electron chi connectivity index (χ3n) is 4.61. The van der Waals surface area contributed by atoms with Crippen molar-refractivity contribution in [3.63, 3.8) is 0 Å². The zero-order valence-corrected chi connectivity index (χ0v) is 15.5. The summed E-state index contributed by atoms with van der Waals surface area (Å²) in [5.74, 6) is 0.615. The summed E-state index contributed by atoms with van der Waals surface area (Å²) < 4.78 is 8.46. The molecule has 0 saturated heterocycles. The molecule has 26 heavy (non-hydrogen) atoms. The second kappa shape index (κ2) is 7.07. The lowest BCUT2D eigenvalue weighted by molar-refractivity contribution is -0.131. The molecule has 0 fully saturated rings. The number of nitrogens with zero attached hydrogens (tertiary/aromatic N) is 3. The number of imidazole rings is 1. The Kier molecular flexibility index (Phi) is 4.84. The number of carbonyl (C=O) groups excluding carboxylic acids is 1. The van der Waals surface area contributed by atoms with Crippen LogP contribution in [-0.2, 0) is 24.9 Å². The van der Waals surface area contributed by atoms with Crippen LogP contribution in [0, 0.1) is 6.92 Å². The molecule has 136 valence electrons. The number of rotatable bonds is 5. The van der Waals surface area contributed by atoms with Gasteiger partial charge in [0.25, 0.3) is 0 Å². The molecular weight excluding hydrogens is 330 g/mol. The Labute approximate surface area is 152 Å². The van der Waals surface area contributed by atoms with Crippen LogP contribution in [0.1, 0.15) is 11.1 Å². The Hall–Kier alpha value is -3.02. The number of ether oxygens (including phenoxy) is 1. The SMILES string of the molecule is COc1ccc(C)cc1CN(C)C(=O)Cn1c(=O)n(C)c2ccccc21. The highest BCUT2D eigenvalue weighted by Crippen LogP contribution is 2.21. The van der Waals surface area contributed by atoms with Crippen molar-refractivity contribution < 1.29 is 9.53 Å². The summed E-state index contributed by atoms with van der Waals surface area (Å²) in [6.07, 6.45) is 0. The topological polar surface area (TPSA) is 56.5 Å². The lowest BCUT2D eigenvalue weighted by atomic mass is 10.1. The summed E-state index contributed by atoms with van der Waals surface area (Å²) in [7, 11) is 5.07. The van der Waals surface area contributed by atoms with Crippen LogP contribution in [0.5, 0.6) is 5.75 Å². The molecule has 2 aromatic carbocycles. The molecule has 0 radical (unpaired) electrons. The number of aryl methyl sites for hydroxylation is 2. The Morgan fingerprint density at radius 2 is 1.85 bits per heavy atom. The smallest absolute Gasteiger partial charge is 0.329 e. The average Bonchev–Trinajstić information content (AvgIpc) is 2.87. The number of hydrogen-bond acceptors (Lipinski definition) is 3. The van der Waals surface area contributed by atoms with Gasteiger partial charge >= 0.3 is 5.69 Å². The first-order valence-electron chi connectivity index (χ1n) is 8.44. The fourth-order valence-corrected chi connectivity index (χ4v) is 3.15. The van der Waals surface area contributed by atoms with Crippen molar-refractivity contribution in [3.8, 4) is 5.75 Å². The molecule has 1 amide bonds. The van der Waals surface area contributed by atoms with Gasteiger partial charge in [-0.25, -0.2) is 4.79 Å². The maximum Gasteiger partial charge on any atom is 0.329 e. The van der Waals surface area contributed by atoms with E-state index < -0.39 is 0 Å². The molecule has 3 aromatic rings. The second-order valence-electron chi connectivity index (χ2n) is 6.48. The van der Waals surface area contributed by atoms with E-state index in [0.29, 0.717) is 6.54 Å². The molecule has 0 bridgehead atoms. The summed E-state index contributed by atoms with van der Waals surface area (Å²) in [6.45, 7) is 2.43. The van der Waals surface area contributed by atoms with Crippen molar-refractivity contribution in [1.29, 1.82) is 0 Å². The summed E-state index contributed by atoms with van der Waals surface area (Å²) >= 11 is 0. The molecule has 0 aliphatic carbocycles. The minimum atomic E-state index is -0.193. The van der Waals surface area contributed by atoms with Gasteiger partial charge in [0.15, 0.2) is 0 Å². The first kappa shape index (κ1) is 17.8. The lowest BCUT2D eigenvalue weighted by Crippen LogP contribution is -2.34. The fraction of sp³-hybridized carbons (Fsp3) is 0.300. The molecule has 3 rings (SSSR count). The number of para-hydroxylation sites is 2. The third-order valence-corrected chi connectivity index (χ3v) is 4.61. The Morgan fingerprint density at radius 3 is 2.54 bits per heavy atom. The van der Waals surface area contributed by atoms with E-state index in [1.54, 1.807) is 30.7 Å². The Balaban J connectivity index is 1.84. The Morgan fingerprint density at radius 1 is 1.15 bits per heavy atom. The molecule has 6 nitrogen and oxygen atoms in total. The molecule has 0 unspecified atom stereocenters. The third kappa shape index (κ3) is 3.22. The molecule has 6 heteroatoms. The van der Waals surface area contributed by atoms with Gasteiger partial charge in [-0.1, -0.05) is 29.8 Å². The number of hydrogen-bond donors (Lipinski definition) is 0. The van der Waals surface area contributed by atoms with Crippen LogP contribution >= 0.6 is 0 Å². The second-order valence-corrected chi connectivity index (χ2v) is 6.48.